The van der Waals surface area contributed by atoms with Gasteiger partial charge in [-0.05, 0) is 30.6 Å². The summed E-state index contributed by atoms with van der Waals surface area (Å²) >= 11 is 0. The van der Waals surface area contributed by atoms with E-state index in [9.17, 15) is 9.59 Å². The molecule has 0 aromatic heterocycles. The Labute approximate surface area is 130 Å². The lowest BCUT2D eigenvalue weighted by atomic mass is 9.49. The summed E-state index contributed by atoms with van der Waals surface area (Å²) < 4.78 is 21.6. The first-order valence-electron chi connectivity index (χ1n) is 7.82. The zero-order valence-electron chi connectivity index (χ0n) is 13.6. The zero-order valence-corrected chi connectivity index (χ0v) is 13.6. The average molecular weight is 312 g/mol. The van der Waals surface area contributed by atoms with Crippen LogP contribution in [0.5, 0.6) is 0 Å². The molecule has 3 rings (SSSR count). The van der Waals surface area contributed by atoms with Gasteiger partial charge in [0.05, 0.1) is 13.2 Å². The summed E-state index contributed by atoms with van der Waals surface area (Å²) in [6, 6.07) is 0. The Morgan fingerprint density at radius 1 is 1.36 bits per heavy atom. The third-order valence-electron chi connectivity index (χ3n) is 6.25. The first-order chi connectivity index (χ1) is 10.4. The molecule has 3 fully saturated rings. The minimum absolute atomic E-state index is 0.0921. The molecule has 0 aromatic rings. The molecule has 124 valence electrons. The Bertz CT molecular complexity index is 491. The van der Waals surface area contributed by atoms with Gasteiger partial charge in [-0.2, -0.15) is 0 Å². The van der Waals surface area contributed by atoms with Gasteiger partial charge in [-0.3, -0.25) is 9.59 Å². The van der Waals surface area contributed by atoms with Crippen LogP contribution in [0.3, 0.4) is 0 Å². The summed E-state index contributed by atoms with van der Waals surface area (Å²) in [4.78, 5) is 25.0. The number of hydrogen-bond donors (Lipinski definition) is 0. The van der Waals surface area contributed by atoms with Gasteiger partial charge in [0.25, 0.3) is 0 Å². The monoisotopic (exact) mass is 312 g/mol. The third kappa shape index (κ3) is 1.80. The molecule has 3 aliphatic rings. The molecule has 1 heterocycles. The van der Waals surface area contributed by atoms with Gasteiger partial charge in [-0.15, -0.1) is 0 Å². The third-order valence-corrected chi connectivity index (χ3v) is 6.25. The van der Waals surface area contributed by atoms with Crippen molar-refractivity contribution < 1.29 is 28.5 Å². The summed E-state index contributed by atoms with van der Waals surface area (Å²) in [5, 5.41) is 0. The molecule has 6 nitrogen and oxygen atoms in total. The fourth-order valence-corrected chi connectivity index (χ4v) is 4.79. The van der Waals surface area contributed by atoms with E-state index in [1.54, 1.807) is 7.11 Å². The molecule has 6 atom stereocenters. The highest BCUT2D eigenvalue weighted by Crippen LogP contribution is 2.63. The van der Waals surface area contributed by atoms with Crippen molar-refractivity contribution >= 4 is 11.9 Å². The molecule has 0 radical (unpaired) electrons. The molecule has 0 aromatic carbocycles. The van der Waals surface area contributed by atoms with E-state index in [4.69, 9.17) is 18.9 Å². The number of fused-ring (bicyclic) bond motifs is 1. The molecule has 2 bridgehead atoms. The van der Waals surface area contributed by atoms with Crippen LogP contribution in [0.2, 0.25) is 0 Å². The fraction of sp³-hybridized carbons (Fsp3) is 0.875. The van der Waals surface area contributed by atoms with Gasteiger partial charge in [0.2, 0.25) is 0 Å². The molecule has 2 saturated carbocycles. The lowest BCUT2D eigenvalue weighted by Crippen LogP contribution is -2.62. The van der Waals surface area contributed by atoms with E-state index in [0.29, 0.717) is 12.3 Å². The normalized spacial score (nSPS) is 46.3. The highest BCUT2D eigenvalue weighted by Gasteiger charge is 2.73. The van der Waals surface area contributed by atoms with Gasteiger partial charge in [-0.1, -0.05) is 13.8 Å². The second-order valence-corrected chi connectivity index (χ2v) is 7.07. The number of carbonyl (C=O) groups excluding carboxylic acids is 2. The van der Waals surface area contributed by atoms with Crippen molar-refractivity contribution in [2.24, 2.45) is 22.7 Å². The van der Waals surface area contributed by atoms with Crippen molar-refractivity contribution in [3.8, 4) is 0 Å². The molecular formula is C16H24O6. The van der Waals surface area contributed by atoms with Crippen LogP contribution >= 0.6 is 0 Å². The zero-order chi connectivity index (χ0) is 16.1. The number of methoxy groups -OCH3 is 2. The lowest BCUT2D eigenvalue weighted by Gasteiger charge is -2.56. The standard InChI is InChI=1S/C16H24O6/c1-9-7-10-11-12(21-8-19-3)15(9,2)5-6-16(11,13(17)20-4)14(18)22-10/h9-12H,5-8H2,1-4H3/t9-,10-,11+,12+,15+,16+/m0/s1. The van der Waals surface area contributed by atoms with Crippen LogP contribution in [0.4, 0.5) is 0 Å². The lowest BCUT2D eigenvalue weighted by molar-refractivity contribution is -0.219. The van der Waals surface area contributed by atoms with Gasteiger partial charge in [-0.25, -0.2) is 0 Å². The van der Waals surface area contributed by atoms with Gasteiger partial charge in [0.1, 0.15) is 12.9 Å². The van der Waals surface area contributed by atoms with Crippen LogP contribution in [-0.4, -0.2) is 45.2 Å². The second kappa shape index (κ2) is 5.20. The smallest absolute Gasteiger partial charge is 0.324 e. The SMILES string of the molecule is COCO[C@@H]1[C@H]2[C@@H]3C[C@H](C)[C@@]1(C)CC[C@@]2(C(=O)OC)C(=O)O3. The molecular weight excluding hydrogens is 288 g/mol. The van der Waals surface area contributed by atoms with Crippen molar-refractivity contribution in [3.63, 3.8) is 0 Å². The highest BCUT2D eigenvalue weighted by atomic mass is 16.7. The second-order valence-electron chi connectivity index (χ2n) is 7.07. The molecule has 2 aliphatic carbocycles. The van der Waals surface area contributed by atoms with Gasteiger partial charge in [0.15, 0.2) is 5.41 Å². The maximum absolute atomic E-state index is 12.5. The Hall–Kier alpha value is -1.14. The van der Waals surface area contributed by atoms with Crippen molar-refractivity contribution in [3.05, 3.63) is 0 Å². The van der Waals surface area contributed by atoms with Crippen LogP contribution in [0.25, 0.3) is 0 Å². The van der Waals surface area contributed by atoms with Gasteiger partial charge in [0, 0.05) is 13.0 Å². The van der Waals surface area contributed by atoms with Crippen LogP contribution in [0, 0.1) is 22.7 Å². The predicted molar refractivity (Wildman–Crippen MR) is 75.7 cm³/mol. The summed E-state index contributed by atoms with van der Waals surface area (Å²) in [6.45, 7) is 4.48. The van der Waals surface area contributed by atoms with E-state index in [-0.39, 0.29) is 30.3 Å². The minimum atomic E-state index is -1.21. The molecule has 6 heteroatoms. The summed E-state index contributed by atoms with van der Waals surface area (Å²) in [5.41, 5.74) is -1.30. The number of carbonyl (C=O) groups is 2. The predicted octanol–water partition coefficient (Wildman–Crippen LogP) is 1.52. The van der Waals surface area contributed by atoms with E-state index in [1.807, 2.05) is 0 Å². The number of rotatable bonds is 4. The molecule has 22 heavy (non-hydrogen) atoms. The maximum Gasteiger partial charge on any atom is 0.324 e. The van der Waals surface area contributed by atoms with E-state index in [1.165, 1.54) is 7.11 Å². The summed E-state index contributed by atoms with van der Waals surface area (Å²) in [7, 11) is 2.89. The van der Waals surface area contributed by atoms with Crippen molar-refractivity contribution in [1.29, 1.82) is 0 Å². The summed E-state index contributed by atoms with van der Waals surface area (Å²) in [5.74, 6) is -0.890. The van der Waals surface area contributed by atoms with Crippen molar-refractivity contribution in [2.75, 3.05) is 21.0 Å². The molecule has 0 unspecified atom stereocenters. The molecule has 0 spiro atoms. The van der Waals surface area contributed by atoms with Gasteiger partial charge >= 0.3 is 11.9 Å². The minimum Gasteiger partial charge on any atom is -0.468 e. The maximum atomic E-state index is 12.5. The van der Waals surface area contributed by atoms with E-state index < -0.39 is 17.4 Å². The molecule has 1 saturated heterocycles. The van der Waals surface area contributed by atoms with Crippen LogP contribution < -0.4 is 0 Å². The van der Waals surface area contributed by atoms with Crippen LogP contribution in [0.1, 0.15) is 33.1 Å². The van der Waals surface area contributed by atoms with E-state index in [2.05, 4.69) is 13.8 Å². The van der Waals surface area contributed by atoms with E-state index in [0.717, 1.165) is 12.8 Å². The largest absolute Gasteiger partial charge is 0.468 e. The van der Waals surface area contributed by atoms with E-state index >= 15 is 0 Å². The van der Waals surface area contributed by atoms with Gasteiger partial charge < -0.3 is 18.9 Å². The summed E-state index contributed by atoms with van der Waals surface area (Å²) in [6.07, 6.45) is 1.43. The Balaban J connectivity index is 2.06. The number of esters is 2. The van der Waals surface area contributed by atoms with Crippen LogP contribution in [-0.2, 0) is 28.5 Å². The molecule has 0 N–H and O–H groups in total. The Morgan fingerprint density at radius 3 is 2.73 bits per heavy atom. The molecule has 0 amide bonds. The first kappa shape index (κ1) is 15.7. The number of ether oxygens (including phenoxy) is 4. The highest BCUT2D eigenvalue weighted by molar-refractivity contribution is 6.02. The number of hydrogen-bond acceptors (Lipinski definition) is 6. The first-order valence-corrected chi connectivity index (χ1v) is 7.82. The topological polar surface area (TPSA) is 71.1 Å². The molecule has 1 aliphatic heterocycles. The van der Waals surface area contributed by atoms with Crippen LogP contribution in [0.15, 0.2) is 0 Å². The average Bonchev–Trinajstić information content (AvgIpc) is 2.80. The van der Waals surface area contributed by atoms with Crippen molar-refractivity contribution in [2.45, 2.75) is 45.3 Å². The Morgan fingerprint density at radius 2 is 2.09 bits per heavy atom. The fourth-order valence-electron chi connectivity index (χ4n) is 4.79. The quantitative estimate of drug-likeness (QED) is 0.445. The van der Waals surface area contributed by atoms with Crippen molar-refractivity contribution in [1.82, 2.24) is 0 Å². The Kier molecular flexibility index (Phi) is 3.72.